The minimum absolute atomic E-state index is 0.808. The Balaban J connectivity index is 1.18. The van der Waals surface area contributed by atoms with Crippen molar-refractivity contribution in [3.05, 3.63) is 139 Å². The van der Waals surface area contributed by atoms with E-state index in [1.165, 1.54) is 16.8 Å². The molecular formula is C32H26N4. The molecule has 3 heterocycles. The molecule has 36 heavy (non-hydrogen) atoms. The molecule has 0 fully saturated rings. The first-order valence-electron chi connectivity index (χ1n) is 12.2. The Hall–Kier alpha value is -4.54. The largest absolute Gasteiger partial charge is 0.324 e. The van der Waals surface area contributed by atoms with Gasteiger partial charge in [0.25, 0.3) is 0 Å². The van der Waals surface area contributed by atoms with Gasteiger partial charge in [-0.25, -0.2) is 4.98 Å². The number of hydrogen-bond donors (Lipinski definition) is 1. The van der Waals surface area contributed by atoms with E-state index in [4.69, 9.17) is 4.98 Å². The molecule has 0 amide bonds. The molecule has 0 aliphatic heterocycles. The second-order valence-corrected chi connectivity index (χ2v) is 8.88. The van der Waals surface area contributed by atoms with Crippen molar-refractivity contribution in [3.8, 4) is 28.1 Å². The monoisotopic (exact) mass is 466 g/mol. The SMILES string of the molecule is c1ccc(-c2cc3cnccc3nc2-c2ccc(CNCc3ccc(-n4cccc4)cc3)cc2)cc1. The van der Waals surface area contributed by atoms with Crippen LogP contribution in [0.5, 0.6) is 0 Å². The number of aromatic nitrogens is 3. The zero-order valence-corrected chi connectivity index (χ0v) is 19.9. The maximum atomic E-state index is 5.02. The zero-order valence-electron chi connectivity index (χ0n) is 19.9. The van der Waals surface area contributed by atoms with Crippen LogP contribution in [0.3, 0.4) is 0 Å². The van der Waals surface area contributed by atoms with Crippen molar-refractivity contribution >= 4 is 10.9 Å². The Labute approximate surface area is 210 Å². The second-order valence-electron chi connectivity index (χ2n) is 8.88. The number of nitrogens with one attached hydrogen (secondary N) is 1. The zero-order chi connectivity index (χ0) is 24.2. The first-order valence-corrected chi connectivity index (χ1v) is 12.2. The van der Waals surface area contributed by atoms with E-state index in [9.17, 15) is 0 Å². The van der Waals surface area contributed by atoms with Crippen molar-refractivity contribution in [2.24, 2.45) is 0 Å². The lowest BCUT2D eigenvalue weighted by atomic mass is 9.97. The maximum Gasteiger partial charge on any atom is 0.0788 e. The van der Waals surface area contributed by atoms with Crippen molar-refractivity contribution in [1.29, 1.82) is 0 Å². The van der Waals surface area contributed by atoms with Crippen molar-refractivity contribution in [3.63, 3.8) is 0 Å². The maximum absolute atomic E-state index is 5.02. The lowest BCUT2D eigenvalue weighted by molar-refractivity contribution is 0.693. The summed E-state index contributed by atoms with van der Waals surface area (Å²) in [6.07, 6.45) is 7.79. The highest BCUT2D eigenvalue weighted by molar-refractivity contribution is 5.91. The smallest absolute Gasteiger partial charge is 0.0788 e. The van der Waals surface area contributed by atoms with E-state index in [1.54, 1.807) is 6.20 Å². The van der Waals surface area contributed by atoms with Gasteiger partial charge in [-0.2, -0.15) is 0 Å². The van der Waals surface area contributed by atoms with Gasteiger partial charge in [-0.05, 0) is 53.1 Å². The standard InChI is InChI=1S/C32H26N4/c1-2-6-26(7-3-1)30-20-28-23-33-17-16-31(28)35-32(30)27-12-8-24(9-13-27)21-34-22-25-10-14-29(15-11-25)36-18-4-5-19-36/h1-20,23,34H,21-22H2. The average Bonchev–Trinajstić information content (AvgIpc) is 3.49. The molecule has 6 rings (SSSR count). The Kier molecular flexibility index (Phi) is 6.09. The number of rotatable bonds is 7. The van der Waals surface area contributed by atoms with Crippen LogP contribution in [0.4, 0.5) is 0 Å². The van der Waals surface area contributed by atoms with E-state index >= 15 is 0 Å². The molecule has 0 saturated carbocycles. The summed E-state index contributed by atoms with van der Waals surface area (Å²) in [5, 5.41) is 4.61. The van der Waals surface area contributed by atoms with Gasteiger partial charge >= 0.3 is 0 Å². The normalized spacial score (nSPS) is 11.1. The molecule has 0 atom stereocenters. The lowest BCUT2D eigenvalue weighted by Gasteiger charge is -2.12. The molecule has 0 spiro atoms. The molecule has 0 aliphatic rings. The van der Waals surface area contributed by atoms with Gasteiger partial charge in [-0.3, -0.25) is 4.98 Å². The Morgan fingerprint density at radius 1 is 0.667 bits per heavy atom. The molecule has 0 radical (unpaired) electrons. The lowest BCUT2D eigenvalue weighted by Crippen LogP contribution is -2.12. The number of fused-ring (bicyclic) bond motifs is 1. The highest BCUT2D eigenvalue weighted by atomic mass is 14.9. The predicted octanol–water partition coefficient (Wildman–Crippen LogP) is 7.04. The number of benzene rings is 3. The summed E-state index contributed by atoms with van der Waals surface area (Å²) in [6, 6.07) is 36.0. The predicted molar refractivity (Wildman–Crippen MR) is 147 cm³/mol. The van der Waals surface area contributed by atoms with Crippen molar-refractivity contribution in [2.75, 3.05) is 0 Å². The summed E-state index contributed by atoms with van der Waals surface area (Å²) in [5.41, 5.74) is 9.00. The molecule has 4 nitrogen and oxygen atoms in total. The van der Waals surface area contributed by atoms with Crippen LogP contribution in [0.25, 0.3) is 39.0 Å². The van der Waals surface area contributed by atoms with Crippen LogP contribution in [-0.4, -0.2) is 14.5 Å². The number of pyridine rings is 2. The van der Waals surface area contributed by atoms with E-state index in [-0.39, 0.29) is 0 Å². The minimum Gasteiger partial charge on any atom is -0.324 e. The van der Waals surface area contributed by atoms with Crippen LogP contribution < -0.4 is 5.32 Å². The summed E-state index contributed by atoms with van der Waals surface area (Å²) in [4.78, 5) is 9.30. The van der Waals surface area contributed by atoms with E-state index in [0.29, 0.717) is 0 Å². The van der Waals surface area contributed by atoms with Gasteiger partial charge in [0.05, 0.1) is 11.2 Å². The molecule has 3 aromatic heterocycles. The molecule has 6 aromatic rings. The van der Waals surface area contributed by atoms with Crippen LogP contribution in [-0.2, 0) is 13.1 Å². The summed E-state index contributed by atoms with van der Waals surface area (Å²) in [7, 11) is 0. The van der Waals surface area contributed by atoms with Crippen molar-refractivity contribution in [2.45, 2.75) is 13.1 Å². The minimum atomic E-state index is 0.808. The molecule has 4 heteroatoms. The third-order valence-electron chi connectivity index (χ3n) is 6.42. The Morgan fingerprint density at radius 2 is 1.36 bits per heavy atom. The average molecular weight is 467 g/mol. The highest BCUT2D eigenvalue weighted by Gasteiger charge is 2.11. The summed E-state index contributed by atoms with van der Waals surface area (Å²) in [6.45, 7) is 1.63. The van der Waals surface area contributed by atoms with E-state index < -0.39 is 0 Å². The van der Waals surface area contributed by atoms with Gasteiger partial charge in [0.1, 0.15) is 0 Å². The first kappa shape index (κ1) is 22.0. The molecule has 174 valence electrons. The van der Waals surface area contributed by atoms with Gasteiger partial charge < -0.3 is 9.88 Å². The van der Waals surface area contributed by atoms with E-state index in [0.717, 1.165) is 46.4 Å². The Morgan fingerprint density at radius 3 is 2.08 bits per heavy atom. The summed E-state index contributed by atoms with van der Waals surface area (Å²) >= 11 is 0. The number of hydrogen-bond acceptors (Lipinski definition) is 3. The molecular weight excluding hydrogens is 440 g/mol. The van der Waals surface area contributed by atoms with Crippen molar-refractivity contribution < 1.29 is 0 Å². The van der Waals surface area contributed by atoms with Crippen molar-refractivity contribution in [1.82, 2.24) is 19.9 Å². The van der Waals surface area contributed by atoms with Gasteiger partial charge in [0.15, 0.2) is 0 Å². The molecule has 0 aliphatic carbocycles. The highest BCUT2D eigenvalue weighted by Crippen LogP contribution is 2.33. The van der Waals surface area contributed by atoms with Gasteiger partial charge in [0, 0.05) is 60.1 Å². The molecule has 0 saturated heterocycles. The molecule has 0 bridgehead atoms. The van der Waals surface area contributed by atoms with E-state index in [2.05, 4.69) is 106 Å². The topological polar surface area (TPSA) is 42.7 Å². The van der Waals surface area contributed by atoms with Crippen LogP contribution >= 0.6 is 0 Å². The van der Waals surface area contributed by atoms with Crippen LogP contribution in [0.1, 0.15) is 11.1 Å². The van der Waals surface area contributed by atoms with Gasteiger partial charge in [0.2, 0.25) is 0 Å². The number of nitrogens with zero attached hydrogens (tertiary/aromatic N) is 3. The summed E-state index contributed by atoms with van der Waals surface area (Å²) < 4.78 is 2.11. The fourth-order valence-corrected chi connectivity index (χ4v) is 4.50. The molecule has 1 N–H and O–H groups in total. The van der Waals surface area contributed by atoms with Gasteiger partial charge in [-0.15, -0.1) is 0 Å². The molecule has 0 unspecified atom stereocenters. The van der Waals surface area contributed by atoms with Crippen LogP contribution in [0.15, 0.2) is 128 Å². The summed E-state index contributed by atoms with van der Waals surface area (Å²) in [5.74, 6) is 0. The fraction of sp³-hybridized carbons (Fsp3) is 0.0625. The Bertz CT molecular complexity index is 1570. The van der Waals surface area contributed by atoms with E-state index in [1.807, 2.05) is 30.5 Å². The molecule has 3 aromatic carbocycles. The first-order chi connectivity index (χ1) is 17.8. The van der Waals surface area contributed by atoms with Gasteiger partial charge in [-0.1, -0.05) is 66.7 Å². The quantitative estimate of drug-likeness (QED) is 0.274. The fourth-order valence-electron chi connectivity index (χ4n) is 4.50. The third-order valence-corrected chi connectivity index (χ3v) is 6.42. The van der Waals surface area contributed by atoms with Crippen LogP contribution in [0, 0.1) is 0 Å². The second kappa shape index (κ2) is 9.98. The third kappa shape index (κ3) is 4.67. The van der Waals surface area contributed by atoms with Crippen LogP contribution in [0.2, 0.25) is 0 Å².